The van der Waals surface area contributed by atoms with Crippen LogP contribution in [0.15, 0.2) is 12.1 Å². The molecular weight excluding hydrogens is 241 g/mol. The lowest BCUT2D eigenvalue weighted by Crippen LogP contribution is -2.20. The van der Waals surface area contributed by atoms with Gasteiger partial charge in [0.15, 0.2) is 11.4 Å². The van der Waals surface area contributed by atoms with E-state index in [1.165, 1.54) is 6.92 Å². The molecule has 8 heteroatoms. The number of alkyl halides is 3. The maximum Gasteiger partial charge on any atom is 0.573 e. The first-order valence-electron chi connectivity index (χ1n) is 4.53. The van der Waals surface area contributed by atoms with Crippen molar-refractivity contribution in [2.24, 2.45) is 0 Å². The van der Waals surface area contributed by atoms with Crippen LogP contribution in [0.4, 0.5) is 19.0 Å². The molecule has 1 rings (SSSR count). The molecule has 0 amide bonds. The fraction of sp³-hybridized carbons (Fsp3) is 0.333. The van der Waals surface area contributed by atoms with Gasteiger partial charge in [-0.1, -0.05) is 0 Å². The molecule has 0 saturated carbocycles. The number of esters is 1. The first-order valence-corrected chi connectivity index (χ1v) is 4.53. The van der Waals surface area contributed by atoms with Crippen LogP contribution < -0.4 is 10.5 Å². The number of halogens is 3. The summed E-state index contributed by atoms with van der Waals surface area (Å²) in [6.45, 7) is 1.51. The molecule has 0 aliphatic rings. The maximum atomic E-state index is 12.0. The van der Waals surface area contributed by atoms with Gasteiger partial charge >= 0.3 is 12.3 Å². The molecule has 0 bridgehead atoms. The first-order chi connectivity index (χ1) is 7.83. The van der Waals surface area contributed by atoms with Crippen LogP contribution in [0.1, 0.15) is 17.4 Å². The molecule has 1 aromatic rings. The third-order valence-electron chi connectivity index (χ3n) is 1.57. The number of ether oxygens (including phenoxy) is 2. The Balaban J connectivity index is 3.08. The van der Waals surface area contributed by atoms with Gasteiger partial charge in [-0.15, -0.1) is 13.2 Å². The topological polar surface area (TPSA) is 74.4 Å². The molecule has 0 unspecified atom stereocenters. The number of nitrogens with zero attached hydrogens (tertiary/aromatic N) is 1. The zero-order chi connectivity index (χ0) is 13.1. The monoisotopic (exact) mass is 250 g/mol. The van der Waals surface area contributed by atoms with Crippen LogP contribution in [0, 0.1) is 0 Å². The molecule has 17 heavy (non-hydrogen) atoms. The Hall–Kier alpha value is -1.99. The third kappa shape index (κ3) is 3.82. The molecule has 0 aliphatic heterocycles. The van der Waals surface area contributed by atoms with Crippen LogP contribution in [0.2, 0.25) is 0 Å². The lowest BCUT2D eigenvalue weighted by atomic mass is 10.3. The number of anilines is 1. The number of pyridine rings is 1. The van der Waals surface area contributed by atoms with Crippen molar-refractivity contribution < 1.29 is 27.4 Å². The summed E-state index contributed by atoms with van der Waals surface area (Å²) in [6.07, 6.45) is -4.92. The van der Waals surface area contributed by atoms with Crippen molar-refractivity contribution >= 4 is 11.8 Å². The Bertz CT molecular complexity index is 420. The molecule has 5 nitrogen and oxygen atoms in total. The van der Waals surface area contributed by atoms with Crippen molar-refractivity contribution in [1.82, 2.24) is 4.98 Å². The second-order valence-corrected chi connectivity index (χ2v) is 2.85. The van der Waals surface area contributed by atoms with Crippen LogP contribution in [-0.2, 0) is 4.74 Å². The van der Waals surface area contributed by atoms with Gasteiger partial charge < -0.3 is 15.2 Å². The summed E-state index contributed by atoms with van der Waals surface area (Å²) in [5.41, 5.74) is 4.66. The van der Waals surface area contributed by atoms with E-state index in [4.69, 9.17) is 5.73 Å². The fourth-order valence-corrected chi connectivity index (χ4v) is 1.01. The Morgan fingerprint density at radius 1 is 1.47 bits per heavy atom. The van der Waals surface area contributed by atoms with Crippen molar-refractivity contribution in [3.63, 3.8) is 0 Å². The van der Waals surface area contributed by atoms with Crippen molar-refractivity contribution in [3.05, 3.63) is 17.8 Å². The molecule has 0 radical (unpaired) electrons. The van der Waals surface area contributed by atoms with Crippen molar-refractivity contribution in [1.29, 1.82) is 0 Å². The van der Waals surface area contributed by atoms with Crippen molar-refractivity contribution in [3.8, 4) is 5.75 Å². The summed E-state index contributed by atoms with van der Waals surface area (Å²) in [4.78, 5) is 14.8. The minimum Gasteiger partial charge on any atom is -0.461 e. The van der Waals surface area contributed by atoms with Crippen LogP contribution >= 0.6 is 0 Å². The lowest BCUT2D eigenvalue weighted by molar-refractivity contribution is -0.274. The minimum atomic E-state index is -4.92. The fourth-order valence-electron chi connectivity index (χ4n) is 1.01. The quantitative estimate of drug-likeness (QED) is 0.827. The molecule has 1 aromatic heterocycles. The zero-order valence-corrected chi connectivity index (χ0v) is 8.75. The van der Waals surface area contributed by atoms with Gasteiger partial charge in [-0.05, 0) is 19.1 Å². The summed E-state index contributed by atoms with van der Waals surface area (Å²) in [6, 6.07) is 1.99. The summed E-state index contributed by atoms with van der Waals surface area (Å²) in [5.74, 6) is -1.88. The Morgan fingerprint density at radius 3 is 2.65 bits per heavy atom. The van der Waals surface area contributed by atoms with Gasteiger partial charge in [-0.25, -0.2) is 9.78 Å². The average Bonchev–Trinajstić information content (AvgIpc) is 2.19. The highest BCUT2D eigenvalue weighted by molar-refractivity contribution is 5.90. The number of carbonyl (C=O) groups is 1. The molecule has 0 aromatic carbocycles. The summed E-state index contributed by atoms with van der Waals surface area (Å²) in [7, 11) is 0. The van der Waals surface area contributed by atoms with E-state index < -0.39 is 23.8 Å². The predicted octanol–water partition coefficient (Wildman–Crippen LogP) is 1.74. The van der Waals surface area contributed by atoms with E-state index in [9.17, 15) is 18.0 Å². The number of rotatable bonds is 3. The van der Waals surface area contributed by atoms with E-state index in [1.807, 2.05) is 0 Å². The molecular formula is C9H9F3N2O3. The lowest BCUT2D eigenvalue weighted by Gasteiger charge is -2.12. The number of nitrogens with two attached hydrogens (primary N) is 1. The van der Waals surface area contributed by atoms with Gasteiger partial charge in [0, 0.05) is 0 Å². The number of carbonyl (C=O) groups excluding carboxylic acids is 1. The number of hydrogen-bond donors (Lipinski definition) is 1. The van der Waals surface area contributed by atoms with E-state index in [2.05, 4.69) is 14.5 Å². The standard InChI is InChI=1S/C9H9F3N2O3/c1-2-16-8(15)7-5(17-9(10,11)12)3-4-6(13)14-7/h3-4H,2H2,1H3,(H2,13,14). The summed E-state index contributed by atoms with van der Waals surface area (Å²) in [5, 5.41) is 0. The normalized spacial score (nSPS) is 11.1. The van der Waals surface area contributed by atoms with E-state index in [1.54, 1.807) is 0 Å². The molecule has 0 saturated heterocycles. The molecule has 0 fully saturated rings. The van der Waals surface area contributed by atoms with Gasteiger partial charge in [0.2, 0.25) is 0 Å². The van der Waals surface area contributed by atoms with Crippen molar-refractivity contribution in [2.45, 2.75) is 13.3 Å². The highest BCUT2D eigenvalue weighted by atomic mass is 19.4. The average molecular weight is 250 g/mol. The van der Waals surface area contributed by atoms with E-state index in [0.717, 1.165) is 12.1 Å². The largest absolute Gasteiger partial charge is 0.573 e. The second-order valence-electron chi connectivity index (χ2n) is 2.85. The minimum absolute atomic E-state index is 0.000764. The van der Waals surface area contributed by atoms with E-state index in [0.29, 0.717) is 0 Å². The van der Waals surface area contributed by atoms with Gasteiger partial charge in [0.1, 0.15) is 5.82 Å². The van der Waals surface area contributed by atoms with Crippen LogP contribution in [0.5, 0.6) is 5.75 Å². The Kier molecular flexibility index (Phi) is 3.77. The first kappa shape index (κ1) is 13.1. The zero-order valence-electron chi connectivity index (χ0n) is 8.75. The molecule has 2 N–H and O–H groups in total. The molecule has 0 spiro atoms. The van der Waals surface area contributed by atoms with Gasteiger partial charge in [-0.3, -0.25) is 0 Å². The van der Waals surface area contributed by atoms with Gasteiger partial charge in [0.05, 0.1) is 6.61 Å². The molecule has 1 heterocycles. The maximum absolute atomic E-state index is 12.0. The second kappa shape index (κ2) is 4.89. The Labute approximate surface area is 94.3 Å². The number of aromatic nitrogens is 1. The van der Waals surface area contributed by atoms with E-state index in [-0.39, 0.29) is 12.4 Å². The van der Waals surface area contributed by atoms with Crippen molar-refractivity contribution in [2.75, 3.05) is 12.3 Å². The molecule has 0 atom stereocenters. The van der Waals surface area contributed by atoms with Gasteiger partial charge in [-0.2, -0.15) is 0 Å². The van der Waals surface area contributed by atoms with Crippen LogP contribution in [0.3, 0.4) is 0 Å². The SMILES string of the molecule is CCOC(=O)c1nc(N)ccc1OC(F)(F)F. The Morgan fingerprint density at radius 2 is 2.12 bits per heavy atom. The number of hydrogen-bond acceptors (Lipinski definition) is 5. The smallest absolute Gasteiger partial charge is 0.461 e. The molecule has 94 valence electrons. The molecule has 0 aliphatic carbocycles. The van der Waals surface area contributed by atoms with Crippen LogP contribution in [0.25, 0.3) is 0 Å². The van der Waals surface area contributed by atoms with E-state index >= 15 is 0 Å². The highest BCUT2D eigenvalue weighted by Gasteiger charge is 2.33. The summed E-state index contributed by atoms with van der Waals surface area (Å²) >= 11 is 0. The number of nitrogen functional groups attached to an aromatic ring is 1. The third-order valence-corrected chi connectivity index (χ3v) is 1.57. The predicted molar refractivity (Wildman–Crippen MR) is 51.3 cm³/mol. The highest BCUT2D eigenvalue weighted by Crippen LogP contribution is 2.26. The van der Waals surface area contributed by atoms with Crippen LogP contribution in [-0.4, -0.2) is 23.9 Å². The summed E-state index contributed by atoms with van der Waals surface area (Å²) < 4.78 is 44.3. The van der Waals surface area contributed by atoms with Gasteiger partial charge in [0.25, 0.3) is 0 Å².